The van der Waals surface area contributed by atoms with E-state index in [0.29, 0.717) is 6.42 Å². The Morgan fingerprint density at radius 2 is 2.06 bits per heavy atom. The molecule has 1 aromatic carbocycles. The van der Waals surface area contributed by atoms with Gasteiger partial charge in [0.1, 0.15) is 5.78 Å². The lowest BCUT2D eigenvalue weighted by molar-refractivity contribution is -0.119. The maximum absolute atomic E-state index is 12.0. The summed E-state index contributed by atoms with van der Waals surface area (Å²) < 4.78 is 1.61. The number of benzene rings is 1. The Labute approximate surface area is 100 Å². The molecule has 0 aliphatic carbocycles. The van der Waals surface area contributed by atoms with Crippen LogP contribution in [0.5, 0.6) is 0 Å². The van der Waals surface area contributed by atoms with Gasteiger partial charge in [-0.25, -0.2) is 0 Å². The lowest BCUT2D eigenvalue weighted by Gasteiger charge is -2.09. The summed E-state index contributed by atoms with van der Waals surface area (Å²) in [6.45, 7) is 1.92. The monoisotopic (exact) mass is 229 g/mol. The Morgan fingerprint density at radius 3 is 2.65 bits per heavy atom. The molecule has 4 nitrogen and oxygen atoms in total. The molecule has 1 atom stereocenters. The highest BCUT2D eigenvalue weighted by atomic mass is 16.1. The number of Topliss-reactive ketones (excluding diaryl/α,β-unsaturated/α-hetero) is 1. The van der Waals surface area contributed by atoms with E-state index in [1.807, 2.05) is 37.3 Å². The summed E-state index contributed by atoms with van der Waals surface area (Å²) in [5.41, 5.74) is 1.77. The predicted molar refractivity (Wildman–Crippen MR) is 64.6 cm³/mol. The van der Waals surface area contributed by atoms with Crippen LogP contribution in [0.4, 0.5) is 0 Å². The van der Waals surface area contributed by atoms with Crippen LogP contribution in [0, 0.1) is 0 Å². The fraction of sp³-hybridized carbons (Fsp3) is 0.308. The Balaban J connectivity index is 2.06. The maximum Gasteiger partial charge on any atom is 0.146 e. The van der Waals surface area contributed by atoms with Crippen molar-refractivity contribution in [3.8, 4) is 0 Å². The molecule has 0 N–H and O–H groups in total. The van der Waals surface area contributed by atoms with Crippen molar-refractivity contribution in [3.05, 3.63) is 47.8 Å². The summed E-state index contributed by atoms with van der Waals surface area (Å²) in [6.07, 6.45) is 2.11. The highest BCUT2D eigenvalue weighted by Gasteiger charge is 2.16. The van der Waals surface area contributed by atoms with Gasteiger partial charge in [0.25, 0.3) is 0 Å². The highest BCUT2D eigenvalue weighted by Crippen LogP contribution is 2.17. The van der Waals surface area contributed by atoms with E-state index in [-0.39, 0.29) is 11.7 Å². The quantitative estimate of drug-likeness (QED) is 0.802. The van der Waals surface area contributed by atoms with Gasteiger partial charge in [-0.2, -0.15) is 0 Å². The number of hydrogen-bond acceptors (Lipinski definition) is 3. The summed E-state index contributed by atoms with van der Waals surface area (Å²) in [5.74, 6) is 0.0647. The van der Waals surface area contributed by atoms with Gasteiger partial charge in [0.05, 0.1) is 12.1 Å². The summed E-state index contributed by atoms with van der Waals surface area (Å²) in [5, 5.41) is 7.74. The standard InChI is InChI=1S/C13H15N3O/c1-10(11-6-4-3-5-7-11)13(17)8-12-9-16(2)15-14-12/h3-7,9-10H,8H2,1-2H3. The van der Waals surface area contributed by atoms with Crippen molar-refractivity contribution in [1.29, 1.82) is 0 Å². The Morgan fingerprint density at radius 1 is 1.35 bits per heavy atom. The molecule has 0 saturated carbocycles. The van der Waals surface area contributed by atoms with Crippen molar-refractivity contribution in [3.63, 3.8) is 0 Å². The van der Waals surface area contributed by atoms with E-state index in [9.17, 15) is 4.79 Å². The van der Waals surface area contributed by atoms with Crippen LogP contribution in [0.25, 0.3) is 0 Å². The Bertz CT molecular complexity index is 504. The average Bonchev–Trinajstić information content (AvgIpc) is 2.75. The zero-order valence-corrected chi connectivity index (χ0v) is 10.00. The first-order chi connectivity index (χ1) is 8.16. The fourth-order valence-corrected chi connectivity index (χ4v) is 1.74. The number of hydrogen-bond donors (Lipinski definition) is 0. The molecule has 1 heterocycles. The van der Waals surface area contributed by atoms with Crippen molar-refractivity contribution in [2.24, 2.45) is 7.05 Å². The third-order valence-corrected chi connectivity index (χ3v) is 2.79. The molecule has 88 valence electrons. The van der Waals surface area contributed by atoms with Gasteiger partial charge in [0.2, 0.25) is 0 Å². The molecule has 0 aliphatic rings. The topological polar surface area (TPSA) is 47.8 Å². The first-order valence-corrected chi connectivity index (χ1v) is 5.59. The minimum atomic E-state index is -0.0989. The molecule has 0 bridgehead atoms. The largest absolute Gasteiger partial charge is 0.299 e. The second-order valence-corrected chi connectivity index (χ2v) is 4.16. The van der Waals surface area contributed by atoms with Crippen LogP contribution in [-0.4, -0.2) is 20.8 Å². The van der Waals surface area contributed by atoms with Crippen LogP contribution in [-0.2, 0) is 18.3 Å². The van der Waals surface area contributed by atoms with Gasteiger partial charge in [-0.1, -0.05) is 42.5 Å². The first-order valence-electron chi connectivity index (χ1n) is 5.59. The summed E-state index contributed by atoms with van der Waals surface area (Å²) in [4.78, 5) is 12.0. The second kappa shape index (κ2) is 4.91. The van der Waals surface area contributed by atoms with Crippen LogP contribution in [0.15, 0.2) is 36.5 Å². The van der Waals surface area contributed by atoms with Crippen molar-refractivity contribution < 1.29 is 4.79 Å². The lowest BCUT2D eigenvalue weighted by atomic mass is 9.94. The van der Waals surface area contributed by atoms with Gasteiger partial charge in [0.15, 0.2) is 0 Å². The summed E-state index contributed by atoms with van der Waals surface area (Å²) in [7, 11) is 1.79. The minimum Gasteiger partial charge on any atom is -0.299 e. The zero-order valence-electron chi connectivity index (χ0n) is 10.00. The molecule has 0 radical (unpaired) electrons. The van der Waals surface area contributed by atoms with E-state index in [0.717, 1.165) is 11.3 Å². The van der Waals surface area contributed by atoms with E-state index >= 15 is 0 Å². The molecule has 0 fully saturated rings. The lowest BCUT2D eigenvalue weighted by Crippen LogP contribution is -2.12. The second-order valence-electron chi connectivity index (χ2n) is 4.16. The van der Waals surface area contributed by atoms with Gasteiger partial charge in [-0.3, -0.25) is 9.48 Å². The molecule has 0 saturated heterocycles. The molecular formula is C13H15N3O. The van der Waals surface area contributed by atoms with E-state index in [1.54, 1.807) is 17.9 Å². The molecule has 2 rings (SSSR count). The predicted octanol–water partition coefficient (Wildman–Crippen LogP) is 1.73. The molecule has 4 heteroatoms. The molecular weight excluding hydrogens is 214 g/mol. The van der Waals surface area contributed by atoms with Gasteiger partial charge in [-0.15, -0.1) is 5.10 Å². The van der Waals surface area contributed by atoms with Crippen molar-refractivity contribution in [1.82, 2.24) is 15.0 Å². The van der Waals surface area contributed by atoms with Gasteiger partial charge in [-0.05, 0) is 5.56 Å². The minimum absolute atomic E-state index is 0.0989. The maximum atomic E-state index is 12.0. The summed E-state index contributed by atoms with van der Waals surface area (Å²) in [6, 6.07) is 9.78. The van der Waals surface area contributed by atoms with Crippen LogP contribution in [0.2, 0.25) is 0 Å². The Kier molecular flexibility index (Phi) is 3.32. The van der Waals surface area contributed by atoms with E-state index < -0.39 is 0 Å². The van der Waals surface area contributed by atoms with Crippen LogP contribution in [0.3, 0.4) is 0 Å². The van der Waals surface area contributed by atoms with Crippen molar-refractivity contribution in [2.75, 3.05) is 0 Å². The number of ketones is 1. The highest BCUT2D eigenvalue weighted by molar-refractivity contribution is 5.86. The first kappa shape index (κ1) is 11.5. The van der Waals surface area contributed by atoms with Gasteiger partial charge < -0.3 is 0 Å². The third-order valence-electron chi connectivity index (χ3n) is 2.79. The number of aromatic nitrogens is 3. The molecule has 0 amide bonds. The Hall–Kier alpha value is -1.97. The average molecular weight is 229 g/mol. The smallest absolute Gasteiger partial charge is 0.146 e. The molecule has 1 aromatic heterocycles. The molecule has 0 aliphatic heterocycles. The number of rotatable bonds is 4. The molecule has 1 unspecified atom stereocenters. The van der Waals surface area contributed by atoms with E-state index in [1.165, 1.54) is 0 Å². The van der Waals surface area contributed by atoms with Crippen LogP contribution >= 0.6 is 0 Å². The molecule has 17 heavy (non-hydrogen) atoms. The normalized spacial score (nSPS) is 12.4. The molecule has 2 aromatic rings. The van der Waals surface area contributed by atoms with Gasteiger partial charge >= 0.3 is 0 Å². The van der Waals surface area contributed by atoms with Gasteiger partial charge in [0, 0.05) is 19.2 Å². The van der Waals surface area contributed by atoms with Crippen LogP contribution in [0.1, 0.15) is 24.1 Å². The SMILES string of the molecule is CC(C(=O)Cc1cn(C)nn1)c1ccccc1. The zero-order chi connectivity index (χ0) is 12.3. The fourth-order valence-electron chi connectivity index (χ4n) is 1.74. The van der Waals surface area contributed by atoms with E-state index in [2.05, 4.69) is 10.3 Å². The number of carbonyl (C=O) groups is 1. The summed E-state index contributed by atoms with van der Waals surface area (Å²) >= 11 is 0. The van der Waals surface area contributed by atoms with Crippen molar-refractivity contribution >= 4 is 5.78 Å². The number of aryl methyl sites for hydroxylation is 1. The van der Waals surface area contributed by atoms with Crippen LogP contribution < -0.4 is 0 Å². The number of nitrogens with zero attached hydrogens (tertiary/aromatic N) is 3. The van der Waals surface area contributed by atoms with Crippen molar-refractivity contribution in [2.45, 2.75) is 19.3 Å². The molecule has 0 spiro atoms. The van der Waals surface area contributed by atoms with E-state index in [4.69, 9.17) is 0 Å². The number of carbonyl (C=O) groups excluding carboxylic acids is 1. The third kappa shape index (κ3) is 2.78.